The minimum atomic E-state index is -0.215. The second kappa shape index (κ2) is 7.06. The first-order valence-corrected chi connectivity index (χ1v) is 9.48. The van der Waals surface area contributed by atoms with Crippen LogP contribution in [0.1, 0.15) is 10.5 Å². The van der Waals surface area contributed by atoms with Crippen molar-refractivity contribution in [2.24, 2.45) is 7.05 Å². The fraction of sp³-hybridized carbons (Fsp3) is 0.100. The smallest absolute Gasteiger partial charge is 0.274 e. The van der Waals surface area contributed by atoms with Gasteiger partial charge in [-0.05, 0) is 30.3 Å². The van der Waals surface area contributed by atoms with Crippen LogP contribution in [-0.4, -0.2) is 22.6 Å². The molecular weight excluding hydrogens is 382 g/mol. The molecule has 7 heteroatoms. The molecule has 0 atom stereocenters. The van der Waals surface area contributed by atoms with E-state index in [1.54, 1.807) is 7.11 Å². The van der Waals surface area contributed by atoms with Crippen molar-refractivity contribution in [1.82, 2.24) is 9.55 Å². The molecule has 0 saturated heterocycles. The van der Waals surface area contributed by atoms with Crippen molar-refractivity contribution in [3.63, 3.8) is 0 Å². The maximum Gasteiger partial charge on any atom is 0.274 e. The van der Waals surface area contributed by atoms with Gasteiger partial charge in [0.05, 0.1) is 18.3 Å². The molecule has 0 aliphatic heterocycles. The zero-order valence-corrected chi connectivity index (χ0v) is 16.3. The summed E-state index contributed by atoms with van der Waals surface area (Å²) in [5, 5.41) is 6.90. The molecule has 0 bridgehead atoms. The number of fused-ring (bicyclic) bond motifs is 1. The summed E-state index contributed by atoms with van der Waals surface area (Å²) in [7, 11) is 3.48. The summed E-state index contributed by atoms with van der Waals surface area (Å²) in [5.41, 5.74) is 3.22. The number of hydrogen-bond acceptors (Lipinski definition) is 4. The quantitative estimate of drug-likeness (QED) is 0.513. The molecule has 0 saturated carbocycles. The van der Waals surface area contributed by atoms with E-state index in [0.717, 1.165) is 27.9 Å². The van der Waals surface area contributed by atoms with E-state index in [4.69, 9.17) is 16.3 Å². The zero-order chi connectivity index (χ0) is 19.0. The number of anilines is 1. The van der Waals surface area contributed by atoms with Gasteiger partial charge in [0, 0.05) is 28.4 Å². The highest BCUT2D eigenvalue weighted by molar-refractivity contribution is 7.14. The third-order valence-corrected chi connectivity index (χ3v) is 5.37. The standard InChI is InChI=1S/C20H16ClN3O2S/c1-24-16-4-3-5-18(26-2)14(16)10-17(24)19(25)23-20-22-15(11-27-20)12-6-8-13(21)9-7-12/h3-11H,1-2H3,(H,22,23,25). The maximum atomic E-state index is 12.8. The number of aryl methyl sites for hydroxylation is 1. The molecular formula is C20H16ClN3O2S. The number of rotatable bonds is 4. The van der Waals surface area contributed by atoms with Gasteiger partial charge in [0.2, 0.25) is 0 Å². The van der Waals surface area contributed by atoms with Crippen LogP contribution in [0, 0.1) is 0 Å². The Morgan fingerprint density at radius 3 is 2.74 bits per heavy atom. The van der Waals surface area contributed by atoms with Gasteiger partial charge in [-0.3, -0.25) is 10.1 Å². The van der Waals surface area contributed by atoms with Crippen molar-refractivity contribution >= 4 is 44.9 Å². The normalized spacial score (nSPS) is 10.9. The zero-order valence-electron chi connectivity index (χ0n) is 14.7. The van der Waals surface area contributed by atoms with Crippen LogP contribution in [0.5, 0.6) is 5.75 Å². The van der Waals surface area contributed by atoms with E-state index in [0.29, 0.717) is 15.8 Å². The fourth-order valence-corrected chi connectivity index (χ4v) is 3.82. The van der Waals surface area contributed by atoms with Gasteiger partial charge in [0.1, 0.15) is 11.4 Å². The van der Waals surface area contributed by atoms with Crippen LogP contribution in [0.15, 0.2) is 53.9 Å². The molecule has 0 unspecified atom stereocenters. The molecule has 1 amide bonds. The Morgan fingerprint density at radius 2 is 2.00 bits per heavy atom. The largest absolute Gasteiger partial charge is 0.496 e. The lowest BCUT2D eigenvalue weighted by atomic mass is 10.2. The number of carbonyl (C=O) groups excluding carboxylic acids is 1. The fourth-order valence-electron chi connectivity index (χ4n) is 2.97. The van der Waals surface area contributed by atoms with Gasteiger partial charge in [-0.15, -0.1) is 11.3 Å². The van der Waals surface area contributed by atoms with E-state index in [-0.39, 0.29) is 5.91 Å². The topological polar surface area (TPSA) is 56.1 Å². The number of hydrogen-bond donors (Lipinski definition) is 1. The number of nitrogens with one attached hydrogen (secondary N) is 1. The van der Waals surface area contributed by atoms with Crippen LogP contribution in [0.25, 0.3) is 22.2 Å². The molecule has 2 heterocycles. The van der Waals surface area contributed by atoms with E-state index in [1.165, 1.54) is 11.3 Å². The minimum Gasteiger partial charge on any atom is -0.496 e. The summed E-state index contributed by atoms with van der Waals surface area (Å²) in [4.78, 5) is 17.3. The Kier molecular flexibility index (Phi) is 4.59. The molecule has 5 nitrogen and oxygen atoms in total. The lowest BCUT2D eigenvalue weighted by molar-refractivity contribution is 0.101. The van der Waals surface area contributed by atoms with E-state index in [9.17, 15) is 4.79 Å². The Balaban J connectivity index is 1.61. The number of ether oxygens (including phenoxy) is 1. The molecule has 0 radical (unpaired) electrons. The number of halogens is 1. The van der Waals surface area contributed by atoms with Crippen LogP contribution in [0.3, 0.4) is 0 Å². The summed E-state index contributed by atoms with van der Waals surface area (Å²) in [6, 6.07) is 15.0. The Labute approximate surface area is 165 Å². The molecule has 0 aliphatic carbocycles. The number of benzene rings is 2. The van der Waals surface area contributed by atoms with Crippen LogP contribution < -0.4 is 10.1 Å². The van der Waals surface area contributed by atoms with E-state index >= 15 is 0 Å². The number of methoxy groups -OCH3 is 1. The van der Waals surface area contributed by atoms with Gasteiger partial charge in [-0.2, -0.15) is 0 Å². The van der Waals surface area contributed by atoms with Gasteiger partial charge in [0.25, 0.3) is 5.91 Å². The van der Waals surface area contributed by atoms with Crippen LogP contribution in [0.4, 0.5) is 5.13 Å². The van der Waals surface area contributed by atoms with Crippen molar-refractivity contribution in [1.29, 1.82) is 0 Å². The number of thiazole rings is 1. The SMILES string of the molecule is COc1cccc2c1cc(C(=O)Nc1nc(-c3ccc(Cl)cc3)cs1)n2C. The van der Waals surface area contributed by atoms with E-state index in [2.05, 4.69) is 10.3 Å². The van der Waals surface area contributed by atoms with Crippen LogP contribution in [0.2, 0.25) is 5.02 Å². The first-order chi connectivity index (χ1) is 13.1. The molecule has 1 N–H and O–H groups in total. The number of nitrogens with zero attached hydrogens (tertiary/aromatic N) is 2. The molecule has 2 aromatic heterocycles. The molecule has 0 aliphatic rings. The van der Waals surface area contributed by atoms with Crippen molar-refractivity contribution in [3.05, 3.63) is 64.6 Å². The number of aromatic nitrogens is 2. The van der Waals surface area contributed by atoms with Gasteiger partial charge < -0.3 is 9.30 Å². The lowest BCUT2D eigenvalue weighted by Crippen LogP contribution is -2.15. The van der Waals surface area contributed by atoms with Crippen molar-refractivity contribution < 1.29 is 9.53 Å². The number of amides is 1. The van der Waals surface area contributed by atoms with Crippen LogP contribution >= 0.6 is 22.9 Å². The second-order valence-electron chi connectivity index (χ2n) is 5.98. The maximum absolute atomic E-state index is 12.8. The van der Waals surface area contributed by atoms with Crippen molar-refractivity contribution in [2.75, 3.05) is 12.4 Å². The number of carbonyl (C=O) groups is 1. The molecule has 2 aromatic carbocycles. The first kappa shape index (κ1) is 17.6. The predicted molar refractivity (Wildman–Crippen MR) is 110 cm³/mol. The Bertz CT molecular complexity index is 1130. The summed E-state index contributed by atoms with van der Waals surface area (Å²) >= 11 is 7.31. The third-order valence-electron chi connectivity index (χ3n) is 4.36. The van der Waals surface area contributed by atoms with Gasteiger partial charge in [0.15, 0.2) is 5.13 Å². The summed E-state index contributed by atoms with van der Waals surface area (Å²) in [5.74, 6) is 0.522. The first-order valence-electron chi connectivity index (χ1n) is 8.22. The monoisotopic (exact) mass is 397 g/mol. The highest BCUT2D eigenvalue weighted by atomic mass is 35.5. The average Bonchev–Trinajstić information content (AvgIpc) is 3.27. The summed E-state index contributed by atoms with van der Waals surface area (Å²) in [6.45, 7) is 0. The highest BCUT2D eigenvalue weighted by Gasteiger charge is 2.17. The van der Waals surface area contributed by atoms with E-state index < -0.39 is 0 Å². The average molecular weight is 398 g/mol. The van der Waals surface area contributed by atoms with Crippen LogP contribution in [-0.2, 0) is 7.05 Å². The molecule has 27 heavy (non-hydrogen) atoms. The van der Waals surface area contributed by atoms with Gasteiger partial charge in [-0.1, -0.05) is 29.8 Å². The lowest BCUT2D eigenvalue weighted by Gasteiger charge is -2.04. The van der Waals surface area contributed by atoms with Crippen molar-refractivity contribution in [2.45, 2.75) is 0 Å². The highest BCUT2D eigenvalue weighted by Crippen LogP contribution is 2.29. The summed E-state index contributed by atoms with van der Waals surface area (Å²) in [6.07, 6.45) is 0. The van der Waals surface area contributed by atoms with Gasteiger partial charge >= 0.3 is 0 Å². The molecule has 0 spiro atoms. The Morgan fingerprint density at radius 1 is 1.22 bits per heavy atom. The molecule has 136 valence electrons. The minimum absolute atomic E-state index is 0.215. The second-order valence-corrected chi connectivity index (χ2v) is 7.28. The van der Waals surface area contributed by atoms with E-state index in [1.807, 2.05) is 65.5 Å². The van der Waals surface area contributed by atoms with Gasteiger partial charge in [-0.25, -0.2) is 4.98 Å². The molecule has 4 rings (SSSR count). The van der Waals surface area contributed by atoms with Crippen molar-refractivity contribution in [3.8, 4) is 17.0 Å². The molecule has 4 aromatic rings. The predicted octanol–water partition coefficient (Wildman–Crippen LogP) is 5.22. The summed E-state index contributed by atoms with van der Waals surface area (Å²) < 4.78 is 7.24. The third kappa shape index (κ3) is 3.29. The Hall–Kier alpha value is -2.83. The molecule has 0 fully saturated rings.